The van der Waals surface area contributed by atoms with E-state index in [2.05, 4.69) is 15.9 Å². The van der Waals surface area contributed by atoms with Gasteiger partial charge in [0.2, 0.25) is 0 Å². The molecule has 4 heteroatoms. The summed E-state index contributed by atoms with van der Waals surface area (Å²) in [5, 5.41) is 0. The van der Waals surface area contributed by atoms with Crippen molar-refractivity contribution in [3.63, 3.8) is 0 Å². The topological polar surface area (TPSA) is 35.2 Å². The van der Waals surface area contributed by atoms with E-state index in [0.717, 1.165) is 26.9 Å². The van der Waals surface area contributed by atoms with Crippen LogP contribution in [0.5, 0.6) is 5.75 Å². The number of ether oxygens (including phenoxy) is 1. The number of thiocarbonyl (C=S) groups is 1. The maximum atomic E-state index is 5.79. The minimum atomic E-state index is 0.418. The largest absolute Gasteiger partial charge is 0.488 e. The summed E-state index contributed by atoms with van der Waals surface area (Å²) in [7, 11) is 0. The van der Waals surface area contributed by atoms with Crippen LogP contribution in [0.2, 0.25) is 0 Å². The molecule has 2 nitrogen and oxygen atoms in total. The van der Waals surface area contributed by atoms with Gasteiger partial charge in [0, 0.05) is 5.56 Å². The second kappa shape index (κ2) is 6.17. The molecule has 0 fully saturated rings. The summed E-state index contributed by atoms with van der Waals surface area (Å²) in [4.78, 5) is 0.418. The third-order valence-electron chi connectivity index (χ3n) is 2.85. The Morgan fingerprint density at radius 3 is 2.63 bits per heavy atom. The fourth-order valence-corrected chi connectivity index (χ4v) is 2.25. The quantitative estimate of drug-likeness (QED) is 0.858. The molecule has 0 aromatic heterocycles. The highest BCUT2D eigenvalue weighted by Gasteiger charge is 2.04. The van der Waals surface area contributed by atoms with Crippen LogP contribution in [0.1, 0.15) is 16.7 Å². The van der Waals surface area contributed by atoms with Gasteiger partial charge in [-0.05, 0) is 52.2 Å². The number of halogens is 1. The molecule has 0 aliphatic carbocycles. The van der Waals surface area contributed by atoms with E-state index < -0.39 is 0 Å². The number of benzene rings is 2. The number of aryl methyl sites for hydroxylation is 1. The lowest BCUT2D eigenvalue weighted by Gasteiger charge is -2.11. The summed E-state index contributed by atoms with van der Waals surface area (Å²) < 4.78 is 6.74. The van der Waals surface area contributed by atoms with Crippen molar-refractivity contribution in [2.45, 2.75) is 13.5 Å². The normalized spacial score (nSPS) is 10.2. The van der Waals surface area contributed by atoms with Crippen molar-refractivity contribution >= 4 is 33.1 Å². The molecule has 0 spiro atoms. The summed E-state index contributed by atoms with van der Waals surface area (Å²) in [5.41, 5.74) is 8.74. The highest BCUT2D eigenvalue weighted by molar-refractivity contribution is 9.10. The lowest BCUT2D eigenvalue weighted by molar-refractivity contribution is 0.303. The van der Waals surface area contributed by atoms with Crippen molar-refractivity contribution in [1.82, 2.24) is 0 Å². The Hall–Kier alpha value is -1.39. The molecule has 0 aliphatic heterocycles. The first-order chi connectivity index (χ1) is 9.08. The van der Waals surface area contributed by atoms with Crippen molar-refractivity contribution < 1.29 is 4.74 Å². The van der Waals surface area contributed by atoms with Gasteiger partial charge in [0.1, 0.15) is 17.3 Å². The summed E-state index contributed by atoms with van der Waals surface area (Å²) in [5.74, 6) is 0.834. The molecule has 0 heterocycles. The summed E-state index contributed by atoms with van der Waals surface area (Å²) >= 11 is 8.42. The Morgan fingerprint density at radius 1 is 1.26 bits per heavy atom. The Balaban J connectivity index is 2.12. The first-order valence-electron chi connectivity index (χ1n) is 5.84. The zero-order chi connectivity index (χ0) is 13.8. The van der Waals surface area contributed by atoms with Crippen LogP contribution >= 0.6 is 28.1 Å². The number of hydrogen-bond acceptors (Lipinski definition) is 2. The number of para-hydroxylation sites is 1. The molecule has 0 saturated carbocycles. The zero-order valence-corrected chi connectivity index (χ0v) is 12.9. The summed E-state index contributed by atoms with van der Waals surface area (Å²) in [6, 6.07) is 13.7. The minimum absolute atomic E-state index is 0.418. The Morgan fingerprint density at radius 2 is 2.00 bits per heavy atom. The van der Waals surface area contributed by atoms with Crippen molar-refractivity contribution in [2.75, 3.05) is 0 Å². The van der Waals surface area contributed by atoms with Crippen molar-refractivity contribution in [3.8, 4) is 5.75 Å². The predicted molar refractivity (Wildman–Crippen MR) is 85.5 cm³/mol. The van der Waals surface area contributed by atoms with Crippen LogP contribution in [0.15, 0.2) is 46.9 Å². The Kier molecular flexibility index (Phi) is 4.56. The van der Waals surface area contributed by atoms with Crippen LogP contribution < -0.4 is 10.5 Å². The molecular formula is C15H14BrNOS. The van der Waals surface area contributed by atoms with Gasteiger partial charge in [-0.2, -0.15) is 0 Å². The van der Waals surface area contributed by atoms with Gasteiger partial charge < -0.3 is 10.5 Å². The molecule has 98 valence electrons. The summed E-state index contributed by atoms with van der Waals surface area (Å²) in [6.45, 7) is 2.55. The van der Waals surface area contributed by atoms with Gasteiger partial charge in [0.25, 0.3) is 0 Å². The molecule has 0 atom stereocenters. The maximum absolute atomic E-state index is 5.79. The average Bonchev–Trinajstić information content (AvgIpc) is 2.39. The van der Waals surface area contributed by atoms with Crippen LogP contribution in [0.4, 0.5) is 0 Å². The molecule has 2 aromatic rings. The highest BCUT2D eigenvalue weighted by Crippen LogP contribution is 2.25. The highest BCUT2D eigenvalue weighted by atomic mass is 79.9. The van der Waals surface area contributed by atoms with Gasteiger partial charge in [-0.15, -0.1) is 0 Å². The molecule has 0 radical (unpaired) electrons. The van der Waals surface area contributed by atoms with E-state index in [1.54, 1.807) is 0 Å². The van der Waals surface area contributed by atoms with Crippen LogP contribution in [-0.2, 0) is 6.61 Å². The molecule has 0 aliphatic rings. The van der Waals surface area contributed by atoms with E-state index in [1.165, 1.54) is 0 Å². The van der Waals surface area contributed by atoms with Crippen molar-refractivity contribution in [1.29, 1.82) is 0 Å². The molecule has 0 unspecified atom stereocenters. The monoisotopic (exact) mass is 335 g/mol. The third-order valence-corrected chi connectivity index (χ3v) is 3.74. The number of rotatable bonds is 4. The average molecular weight is 336 g/mol. The van der Waals surface area contributed by atoms with Gasteiger partial charge >= 0.3 is 0 Å². The fraction of sp³-hybridized carbons (Fsp3) is 0.133. The smallest absolute Gasteiger partial charge is 0.133 e. The SMILES string of the molecule is Cc1cc(C(N)=S)ccc1COc1ccccc1Br. The van der Waals surface area contributed by atoms with Crippen LogP contribution in [0.25, 0.3) is 0 Å². The number of hydrogen-bond donors (Lipinski definition) is 1. The van der Waals surface area contributed by atoms with E-state index in [9.17, 15) is 0 Å². The molecule has 2 aromatic carbocycles. The first kappa shape index (κ1) is 14.0. The van der Waals surface area contributed by atoms with E-state index in [4.69, 9.17) is 22.7 Å². The second-order valence-corrected chi connectivity index (χ2v) is 5.52. The molecular weight excluding hydrogens is 322 g/mol. The first-order valence-corrected chi connectivity index (χ1v) is 7.04. The molecule has 19 heavy (non-hydrogen) atoms. The van der Waals surface area contributed by atoms with Crippen LogP contribution in [0.3, 0.4) is 0 Å². The Labute approximate surface area is 126 Å². The maximum Gasteiger partial charge on any atom is 0.133 e. The fourth-order valence-electron chi connectivity index (χ4n) is 1.73. The van der Waals surface area contributed by atoms with E-state index >= 15 is 0 Å². The number of nitrogens with two attached hydrogens (primary N) is 1. The van der Waals surface area contributed by atoms with Gasteiger partial charge in [0.05, 0.1) is 4.47 Å². The lowest BCUT2D eigenvalue weighted by Crippen LogP contribution is -2.10. The molecule has 2 rings (SSSR count). The van der Waals surface area contributed by atoms with Gasteiger partial charge in [-0.25, -0.2) is 0 Å². The van der Waals surface area contributed by atoms with Crippen molar-refractivity contribution in [3.05, 3.63) is 63.6 Å². The molecule has 0 amide bonds. The van der Waals surface area contributed by atoms with Gasteiger partial charge in [0.15, 0.2) is 0 Å². The zero-order valence-electron chi connectivity index (χ0n) is 10.5. The van der Waals surface area contributed by atoms with Crippen LogP contribution in [-0.4, -0.2) is 4.99 Å². The van der Waals surface area contributed by atoms with Crippen molar-refractivity contribution in [2.24, 2.45) is 5.73 Å². The van der Waals surface area contributed by atoms with E-state index in [-0.39, 0.29) is 0 Å². The Bertz CT molecular complexity index is 613. The van der Waals surface area contributed by atoms with Gasteiger partial charge in [-0.1, -0.05) is 36.5 Å². The van der Waals surface area contributed by atoms with Crippen LogP contribution in [0, 0.1) is 6.92 Å². The lowest BCUT2D eigenvalue weighted by atomic mass is 10.1. The van der Waals surface area contributed by atoms with E-state index in [0.29, 0.717) is 11.6 Å². The third kappa shape index (κ3) is 3.55. The summed E-state index contributed by atoms with van der Waals surface area (Å²) in [6.07, 6.45) is 0. The minimum Gasteiger partial charge on any atom is -0.488 e. The standard InChI is InChI=1S/C15H14BrNOS/c1-10-8-11(15(17)19)6-7-12(10)9-18-14-5-3-2-4-13(14)16/h2-8H,9H2,1H3,(H2,17,19). The molecule has 0 saturated heterocycles. The van der Waals surface area contributed by atoms with E-state index in [1.807, 2.05) is 49.4 Å². The molecule has 2 N–H and O–H groups in total. The molecule has 0 bridgehead atoms. The predicted octanol–water partition coefficient (Wildman–Crippen LogP) is 3.97. The van der Waals surface area contributed by atoms with Gasteiger partial charge in [-0.3, -0.25) is 0 Å². The second-order valence-electron chi connectivity index (χ2n) is 4.22.